The normalized spacial score (nSPS) is 32.9. The molecular weight excluding hydrogens is 184 g/mol. The summed E-state index contributed by atoms with van der Waals surface area (Å²) < 4.78 is 5.35. The number of ether oxygens (including phenoxy) is 1. The summed E-state index contributed by atoms with van der Waals surface area (Å²) in [6.45, 7) is 2.30. The maximum atomic E-state index is 10.9. The number of carbonyl (C=O) groups is 1. The molecule has 1 saturated carbocycles. The summed E-state index contributed by atoms with van der Waals surface area (Å²) >= 11 is 0. The number of carboxylic acids is 1. The van der Waals surface area contributed by atoms with Crippen LogP contribution in [-0.2, 0) is 9.53 Å². The van der Waals surface area contributed by atoms with Crippen molar-refractivity contribution in [3.05, 3.63) is 0 Å². The Kier molecular flexibility index (Phi) is 4.35. The summed E-state index contributed by atoms with van der Waals surface area (Å²) in [4.78, 5) is 10.9. The molecule has 1 fully saturated rings. The van der Waals surface area contributed by atoms with Crippen LogP contribution in [0.4, 0.5) is 0 Å². The summed E-state index contributed by atoms with van der Waals surface area (Å²) in [5, 5.41) is 17.6. The molecule has 0 heterocycles. The SMILES string of the molecule is CC1CCC(C(=O)O)C(OCCO)C1. The molecule has 3 unspecified atom stereocenters. The predicted octanol–water partition coefficient (Wildman–Crippen LogP) is 0.885. The molecule has 0 aliphatic heterocycles. The first kappa shape index (κ1) is 11.5. The fourth-order valence-electron chi connectivity index (χ4n) is 2.00. The fraction of sp³-hybridized carbons (Fsp3) is 0.900. The van der Waals surface area contributed by atoms with Gasteiger partial charge in [0.1, 0.15) is 0 Å². The van der Waals surface area contributed by atoms with Crippen LogP contribution in [0.3, 0.4) is 0 Å². The largest absolute Gasteiger partial charge is 0.481 e. The Hall–Kier alpha value is -0.610. The molecule has 0 radical (unpaired) electrons. The van der Waals surface area contributed by atoms with E-state index in [9.17, 15) is 4.79 Å². The molecule has 4 heteroatoms. The van der Waals surface area contributed by atoms with Crippen LogP contribution in [0, 0.1) is 11.8 Å². The van der Waals surface area contributed by atoms with Gasteiger partial charge >= 0.3 is 5.97 Å². The Morgan fingerprint density at radius 2 is 2.21 bits per heavy atom. The monoisotopic (exact) mass is 202 g/mol. The molecule has 2 N–H and O–H groups in total. The molecule has 0 bridgehead atoms. The average Bonchev–Trinajstić information content (AvgIpc) is 2.14. The minimum atomic E-state index is -0.778. The predicted molar refractivity (Wildman–Crippen MR) is 51.0 cm³/mol. The van der Waals surface area contributed by atoms with Crippen molar-refractivity contribution in [3.8, 4) is 0 Å². The van der Waals surface area contributed by atoms with Gasteiger partial charge in [0.15, 0.2) is 0 Å². The van der Waals surface area contributed by atoms with Crippen molar-refractivity contribution < 1.29 is 19.7 Å². The van der Waals surface area contributed by atoms with Gasteiger partial charge in [-0.15, -0.1) is 0 Å². The first-order valence-electron chi connectivity index (χ1n) is 5.10. The lowest BCUT2D eigenvalue weighted by Crippen LogP contribution is -2.36. The third kappa shape index (κ3) is 2.96. The highest BCUT2D eigenvalue weighted by Gasteiger charge is 2.34. The molecule has 3 atom stereocenters. The number of aliphatic carboxylic acids is 1. The molecule has 1 rings (SSSR count). The van der Waals surface area contributed by atoms with Crippen LogP contribution in [0.25, 0.3) is 0 Å². The maximum absolute atomic E-state index is 10.9. The molecule has 14 heavy (non-hydrogen) atoms. The van der Waals surface area contributed by atoms with Gasteiger partial charge in [-0.25, -0.2) is 0 Å². The van der Waals surface area contributed by atoms with Gasteiger partial charge in [-0.05, 0) is 25.2 Å². The molecular formula is C10H18O4. The van der Waals surface area contributed by atoms with Crippen LogP contribution in [0.2, 0.25) is 0 Å². The quantitative estimate of drug-likeness (QED) is 0.710. The summed E-state index contributed by atoms with van der Waals surface area (Å²) in [7, 11) is 0. The molecule has 1 aliphatic rings. The van der Waals surface area contributed by atoms with E-state index >= 15 is 0 Å². The van der Waals surface area contributed by atoms with Crippen LogP contribution < -0.4 is 0 Å². The van der Waals surface area contributed by atoms with Crippen LogP contribution in [0.15, 0.2) is 0 Å². The van der Waals surface area contributed by atoms with E-state index < -0.39 is 11.9 Å². The molecule has 0 aromatic carbocycles. The maximum Gasteiger partial charge on any atom is 0.309 e. The second kappa shape index (κ2) is 5.32. The van der Waals surface area contributed by atoms with E-state index in [1.165, 1.54) is 0 Å². The van der Waals surface area contributed by atoms with E-state index in [1.807, 2.05) is 0 Å². The summed E-state index contributed by atoms with van der Waals surface area (Å²) in [5.41, 5.74) is 0. The molecule has 1 aliphatic carbocycles. The number of hydrogen-bond donors (Lipinski definition) is 2. The lowest BCUT2D eigenvalue weighted by Gasteiger charge is -2.32. The first-order chi connectivity index (χ1) is 6.65. The topological polar surface area (TPSA) is 66.8 Å². The lowest BCUT2D eigenvalue weighted by molar-refractivity contribution is -0.151. The Labute approximate surface area is 83.9 Å². The van der Waals surface area contributed by atoms with Crippen molar-refractivity contribution in [3.63, 3.8) is 0 Å². The molecule has 4 nitrogen and oxygen atoms in total. The second-order valence-electron chi connectivity index (χ2n) is 4.00. The lowest BCUT2D eigenvalue weighted by atomic mass is 9.80. The van der Waals surface area contributed by atoms with Crippen LogP contribution in [0.5, 0.6) is 0 Å². The number of aliphatic hydroxyl groups is 1. The van der Waals surface area contributed by atoms with E-state index in [-0.39, 0.29) is 19.3 Å². The van der Waals surface area contributed by atoms with Crippen LogP contribution >= 0.6 is 0 Å². The van der Waals surface area contributed by atoms with Gasteiger partial charge in [0.05, 0.1) is 25.2 Å². The molecule has 0 amide bonds. The minimum absolute atomic E-state index is 0.0444. The standard InChI is InChI=1S/C10H18O4/c1-7-2-3-8(10(12)13)9(6-7)14-5-4-11/h7-9,11H,2-6H2,1H3,(H,12,13). The Balaban J connectivity index is 2.50. The summed E-state index contributed by atoms with van der Waals surface area (Å²) in [6.07, 6.45) is 2.21. The van der Waals surface area contributed by atoms with Crippen molar-refractivity contribution in [1.29, 1.82) is 0 Å². The molecule has 82 valence electrons. The Morgan fingerprint density at radius 3 is 2.79 bits per heavy atom. The number of carboxylic acid groups (broad SMARTS) is 1. The smallest absolute Gasteiger partial charge is 0.309 e. The average molecular weight is 202 g/mol. The van der Waals surface area contributed by atoms with Crippen molar-refractivity contribution >= 4 is 5.97 Å². The summed E-state index contributed by atoms with van der Waals surface area (Å²) in [6, 6.07) is 0. The van der Waals surface area contributed by atoms with Crippen molar-refractivity contribution in [2.75, 3.05) is 13.2 Å². The zero-order valence-corrected chi connectivity index (χ0v) is 8.48. The van der Waals surface area contributed by atoms with Crippen LogP contribution in [-0.4, -0.2) is 35.5 Å². The van der Waals surface area contributed by atoms with Gasteiger partial charge in [0.2, 0.25) is 0 Å². The third-order valence-corrected chi connectivity index (χ3v) is 2.79. The number of aliphatic hydroxyl groups excluding tert-OH is 1. The van der Waals surface area contributed by atoms with Gasteiger partial charge < -0.3 is 14.9 Å². The molecule has 0 aromatic heterocycles. The highest BCUT2D eigenvalue weighted by Crippen LogP contribution is 2.30. The first-order valence-corrected chi connectivity index (χ1v) is 5.10. The van der Waals surface area contributed by atoms with Crippen LogP contribution in [0.1, 0.15) is 26.2 Å². The van der Waals surface area contributed by atoms with Gasteiger partial charge in [-0.3, -0.25) is 4.79 Å². The highest BCUT2D eigenvalue weighted by molar-refractivity contribution is 5.70. The zero-order chi connectivity index (χ0) is 10.6. The van der Waals surface area contributed by atoms with Crippen molar-refractivity contribution in [2.24, 2.45) is 11.8 Å². The fourth-order valence-corrected chi connectivity index (χ4v) is 2.00. The number of hydrogen-bond acceptors (Lipinski definition) is 3. The third-order valence-electron chi connectivity index (χ3n) is 2.79. The summed E-state index contributed by atoms with van der Waals surface area (Å²) in [5.74, 6) is -0.646. The molecule has 0 aromatic rings. The van der Waals surface area contributed by atoms with E-state index in [0.717, 1.165) is 12.8 Å². The highest BCUT2D eigenvalue weighted by atomic mass is 16.5. The van der Waals surface area contributed by atoms with Gasteiger partial charge in [0, 0.05) is 0 Å². The van der Waals surface area contributed by atoms with Gasteiger partial charge in [-0.1, -0.05) is 6.92 Å². The van der Waals surface area contributed by atoms with Gasteiger partial charge in [-0.2, -0.15) is 0 Å². The Bertz CT molecular complexity index is 193. The van der Waals surface area contributed by atoms with Crippen molar-refractivity contribution in [2.45, 2.75) is 32.3 Å². The van der Waals surface area contributed by atoms with E-state index in [4.69, 9.17) is 14.9 Å². The van der Waals surface area contributed by atoms with Gasteiger partial charge in [0.25, 0.3) is 0 Å². The minimum Gasteiger partial charge on any atom is -0.481 e. The molecule has 0 spiro atoms. The Morgan fingerprint density at radius 1 is 1.50 bits per heavy atom. The van der Waals surface area contributed by atoms with E-state index in [1.54, 1.807) is 0 Å². The zero-order valence-electron chi connectivity index (χ0n) is 8.48. The van der Waals surface area contributed by atoms with E-state index in [0.29, 0.717) is 12.3 Å². The molecule has 0 saturated heterocycles. The van der Waals surface area contributed by atoms with E-state index in [2.05, 4.69) is 6.92 Å². The second-order valence-corrected chi connectivity index (χ2v) is 4.00. The number of rotatable bonds is 4. The van der Waals surface area contributed by atoms with Crippen molar-refractivity contribution in [1.82, 2.24) is 0 Å².